The number of Topliss-reactive ketones (excluding diaryl/α,β-unsaturated/α-hetero) is 1. The van der Waals surface area contributed by atoms with Crippen molar-refractivity contribution in [2.24, 2.45) is 0 Å². The number of dihydropyridines is 1. The second kappa shape index (κ2) is 5.92. The van der Waals surface area contributed by atoms with E-state index in [4.69, 9.17) is 0 Å². The fraction of sp³-hybridized carbons (Fsp3) is 0.294. The smallest absolute Gasteiger partial charge is 0.334 e. The lowest BCUT2D eigenvalue weighted by molar-refractivity contribution is -0.384. The lowest BCUT2D eigenvalue weighted by Crippen LogP contribution is -2.33. The number of aliphatic carboxylic acids is 1. The van der Waals surface area contributed by atoms with E-state index >= 15 is 0 Å². The van der Waals surface area contributed by atoms with Crippen LogP contribution in [0.1, 0.15) is 37.7 Å². The first-order valence-electron chi connectivity index (χ1n) is 7.62. The number of rotatable bonds is 3. The average Bonchev–Trinajstić information content (AvgIpc) is 2.53. The van der Waals surface area contributed by atoms with Crippen molar-refractivity contribution in [2.75, 3.05) is 0 Å². The zero-order valence-corrected chi connectivity index (χ0v) is 13.0. The van der Waals surface area contributed by atoms with E-state index in [2.05, 4.69) is 5.32 Å². The number of carboxylic acid groups (broad SMARTS) is 1. The minimum Gasteiger partial charge on any atom is -0.478 e. The number of carboxylic acids is 1. The van der Waals surface area contributed by atoms with Gasteiger partial charge in [0.05, 0.1) is 10.5 Å². The minimum atomic E-state index is -1.10. The van der Waals surface area contributed by atoms with Gasteiger partial charge in [0, 0.05) is 41.4 Å². The SMILES string of the molecule is CC1=C(C(=O)O)C(c2ccc([N+](=O)[O-])cc2)C2=C(CCCC2=O)N1. The number of nitrogens with zero attached hydrogens (tertiary/aromatic N) is 1. The van der Waals surface area contributed by atoms with Gasteiger partial charge in [0.2, 0.25) is 0 Å². The van der Waals surface area contributed by atoms with Gasteiger partial charge in [-0.1, -0.05) is 12.1 Å². The zero-order chi connectivity index (χ0) is 17.4. The lowest BCUT2D eigenvalue weighted by Gasteiger charge is -2.33. The van der Waals surface area contributed by atoms with Gasteiger partial charge in [-0.15, -0.1) is 0 Å². The molecule has 1 unspecified atom stereocenters. The van der Waals surface area contributed by atoms with Crippen molar-refractivity contribution < 1.29 is 19.6 Å². The van der Waals surface area contributed by atoms with E-state index in [9.17, 15) is 24.8 Å². The Labute approximate surface area is 137 Å². The third-order valence-electron chi connectivity index (χ3n) is 4.44. The van der Waals surface area contributed by atoms with Gasteiger partial charge in [0.1, 0.15) is 0 Å². The van der Waals surface area contributed by atoms with Gasteiger partial charge in [-0.3, -0.25) is 14.9 Å². The van der Waals surface area contributed by atoms with Crippen LogP contribution in [-0.4, -0.2) is 21.8 Å². The van der Waals surface area contributed by atoms with Gasteiger partial charge in [-0.2, -0.15) is 0 Å². The lowest BCUT2D eigenvalue weighted by atomic mass is 9.75. The maximum Gasteiger partial charge on any atom is 0.334 e. The topological polar surface area (TPSA) is 110 Å². The first-order chi connectivity index (χ1) is 11.4. The summed E-state index contributed by atoms with van der Waals surface area (Å²) in [7, 11) is 0. The van der Waals surface area contributed by atoms with E-state index in [0.29, 0.717) is 29.7 Å². The minimum absolute atomic E-state index is 0.0710. The summed E-state index contributed by atoms with van der Waals surface area (Å²) in [6, 6.07) is 5.72. The molecular weight excluding hydrogens is 312 g/mol. The van der Waals surface area contributed by atoms with E-state index in [0.717, 1.165) is 12.1 Å². The van der Waals surface area contributed by atoms with Crippen LogP contribution in [-0.2, 0) is 9.59 Å². The van der Waals surface area contributed by atoms with Gasteiger partial charge in [0.25, 0.3) is 5.69 Å². The van der Waals surface area contributed by atoms with Crippen molar-refractivity contribution in [3.63, 3.8) is 0 Å². The molecule has 124 valence electrons. The molecule has 2 aliphatic rings. The molecular formula is C17H16N2O5. The Morgan fingerprint density at radius 3 is 2.54 bits per heavy atom. The Morgan fingerprint density at radius 2 is 1.96 bits per heavy atom. The van der Waals surface area contributed by atoms with Gasteiger partial charge in [-0.05, 0) is 25.3 Å². The van der Waals surface area contributed by atoms with Crippen molar-refractivity contribution in [2.45, 2.75) is 32.1 Å². The molecule has 1 aliphatic heterocycles. The summed E-state index contributed by atoms with van der Waals surface area (Å²) in [5.74, 6) is -1.88. The zero-order valence-electron chi connectivity index (χ0n) is 13.0. The summed E-state index contributed by atoms with van der Waals surface area (Å²) >= 11 is 0. The molecule has 3 rings (SSSR count). The second-order valence-electron chi connectivity index (χ2n) is 5.92. The Morgan fingerprint density at radius 1 is 1.29 bits per heavy atom. The predicted molar refractivity (Wildman–Crippen MR) is 85.2 cm³/mol. The summed E-state index contributed by atoms with van der Waals surface area (Å²) in [6.45, 7) is 1.67. The number of nitro benzene ring substituents is 1. The quantitative estimate of drug-likeness (QED) is 0.652. The van der Waals surface area contributed by atoms with E-state index in [-0.39, 0.29) is 17.0 Å². The summed E-state index contributed by atoms with van der Waals surface area (Å²) < 4.78 is 0. The molecule has 1 atom stereocenters. The molecule has 0 bridgehead atoms. The standard InChI is InChI=1S/C17H16N2O5/c1-9-14(17(21)22)15(10-5-7-11(8-6-10)19(23)24)16-12(18-9)3-2-4-13(16)20/h5-8,15,18H,2-4H2,1H3,(H,21,22). The van der Waals surface area contributed by atoms with Gasteiger partial charge < -0.3 is 10.4 Å². The van der Waals surface area contributed by atoms with Crippen LogP contribution in [0.25, 0.3) is 0 Å². The Kier molecular flexibility index (Phi) is 3.92. The first kappa shape index (κ1) is 15.9. The first-order valence-corrected chi connectivity index (χ1v) is 7.62. The highest BCUT2D eigenvalue weighted by Crippen LogP contribution is 2.42. The van der Waals surface area contributed by atoms with Crippen molar-refractivity contribution >= 4 is 17.4 Å². The monoisotopic (exact) mass is 328 g/mol. The van der Waals surface area contributed by atoms with E-state index in [1.165, 1.54) is 24.3 Å². The molecule has 0 saturated carbocycles. The van der Waals surface area contributed by atoms with Crippen LogP contribution < -0.4 is 5.32 Å². The number of nitrogens with one attached hydrogen (secondary N) is 1. The number of hydrogen-bond acceptors (Lipinski definition) is 5. The van der Waals surface area contributed by atoms with Crippen LogP contribution in [0.2, 0.25) is 0 Å². The number of carbonyl (C=O) groups is 2. The molecule has 1 heterocycles. The van der Waals surface area contributed by atoms with E-state index in [1.54, 1.807) is 6.92 Å². The fourth-order valence-electron chi connectivity index (χ4n) is 3.39. The highest BCUT2D eigenvalue weighted by atomic mass is 16.6. The van der Waals surface area contributed by atoms with Crippen LogP contribution in [0.4, 0.5) is 5.69 Å². The van der Waals surface area contributed by atoms with Crippen LogP contribution in [0.5, 0.6) is 0 Å². The maximum atomic E-state index is 12.4. The summed E-state index contributed by atoms with van der Waals surface area (Å²) in [4.78, 5) is 34.5. The molecule has 1 aromatic carbocycles. The number of ketones is 1. The Bertz CT molecular complexity index is 805. The van der Waals surface area contributed by atoms with E-state index in [1.807, 2.05) is 0 Å². The van der Waals surface area contributed by atoms with Crippen molar-refractivity contribution in [3.05, 3.63) is 62.5 Å². The number of carbonyl (C=O) groups excluding carboxylic acids is 1. The predicted octanol–water partition coefficient (Wildman–Crippen LogP) is 2.65. The maximum absolute atomic E-state index is 12.4. The van der Waals surface area contributed by atoms with Gasteiger partial charge in [-0.25, -0.2) is 4.79 Å². The summed E-state index contributed by atoms with van der Waals surface area (Å²) in [5, 5.41) is 23.5. The summed E-state index contributed by atoms with van der Waals surface area (Å²) in [6.07, 6.45) is 1.80. The highest BCUT2D eigenvalue weighted by molar-refractivity contribution is 6.03. The molecule has 24 heavy (non-hydrogen) atoms. The van der Waals surface area contributed by atoms with Crippen LogP contribution >= 0.6 is 0 Å². The molecule has 1 aliphatic carbocycles. The van der Waals surface area contributed by atoms with Gasteiger partial charge >= 0.3 is 5.97 Å². The van der Waals surface area contributed by atoms with Crippen LogP contribution in [0.3, 0.4) is 0 Å². The summed E-state index contributed by atoms with van der Waals surface area (Å²) in [5.41, 5.74) is 2.34. The van der Waals surface area contributed by atoms with Crippen LogP contribution in [0.15, 0.2) is 46.8 Å². The Hall–Kier alpha value is -2.96. The molecule has 0 radical (unpaired) electrons. The number of nitro groups is 1. The Balaban J connectivity index is 2.15. The van der Waals surface area contributed by atoms with Crippen molar-refractivity contribution in [1.29, 1.82) is 0 Å². The molecule has 0 saturated heterocycles. The number of non-ortho nitro benzene ring substituents is 1. The highest BCUT2D eigenvalue weighted by Gasteiger charge is 2.38. The van der Waals surface area contributed by atoms with Crippen molar-refractivity contribution in [1.82, 2.24) is 5.32 Å². The molecule has 0 fully saturated rings. The molecule has 7 heteroatoms. The normalized spacial score (nSPS) is 20.5. The number of allylic oxidation sites excluding steroid dienone is 3. The molecule has 0 aromatic heterocycles. The van der Waals surface area contributed by atoms with E-state index < -0.39 is 16.8 Å². The van der Waals surface area contributed by atoms with Crippen LogP contribution in [0, 0.1) is 10.1 Å². The number of hydrogen-bond donors (Lipinski definition) is 2. The molecule has 1 aromatic rings. The average molecular weight is 328 g/mol. The third kappa shape index (κ3) is 2.58. The van der Waals surface area contributed by atoms with Gasteiger partial charge in [0.15, 0.2) is 5.78 Å². The molecule has 0 spiro atoms. The number of benzene rings is 1. The second-order valence-corrected chi connectivity index (χ2v) is 5.92. The largest absolute Gasteiger partial charge is 0.478 e. The molecule has 7 nitrogen and oxygen atoms in total. The third-order valence-corrected chi connectivity index (χ3v) is 4.44. The molecule has 2 N–H and O–H groups in total. The molecule has 0 amide bonds. The van der Waals surface area contributed by atoms with Crippen molar-refractivity contribution in [3.8, 4) is 0 Å². The fourth-order valence-corrected chi connectivity index (χ4v) is 3.39.